The lowest BCUT2D eigenvalue weighted by atomic mass is 10.6. The minimum atomic E-state index is -0.204. The summed E-state index contributed by atoms with van der Waals surface area (Å²) in [5.41, 5.74) is 0. The zero-order valence-corrected chi connectivity index (χ0v) is 7.66. The van der Waals surface area contributed by atoms with E-state index < -0.39 is 0 Å². The van der Waals surface area contributed by atoms with E-state index in [4.69, 9.17) is 14.2 Å². The van der Waals surface area contributed by atoms with Gasteiger partial charge in [0.05, 0.1) is 26.0 Å². The molecule has 0 spiro atoms. The van der Waals surface area contributed by atoms with Crippen LogP contribution in [0.1, 0.15) is 0 Å². The fraction of sp³-hybridized carbons (Fsp3) is 0.625. The van der Waals surface area contributed by atoms with Crippen LogP contribution in [0.2, 0.25) is 0 Å². The molecule has 0 amide bonds. The van der Waals surface area contributed by atoms with E-state index in [0.717, 1.165) is 0 Å². The Kier molecular flexibility index (Phi) is 4.28. The minimum absolute atomic E-state index is 0.204. The van der Waals surface area contributed by atoms with E-state index in [9.17, 15) is 0 Å². The summed E-state index contributed by atoms with van der Waals surface area (Å²) in [4.78, 5) is 3.84. The first-order valence-corrected chi connectivity index (χ1v) is 4.08. The van der Waals surface area contributed by atoms with E-state index >= 15 is 0 Å². The molecular formula is C8H14N2O3. The van der Waals surface area contributed by atoms with E-state index in [1.54, 1.807) is 7.05 Å². The number of aliphatic imine (C=N–C) groups is 1. The van der Waals surface area contributed by atoms with Gasteiger partial charge in [0.1, 0.15) is 0 Å². The third-order valence-corrected chi connectivity index (χ3v) is 1.51. The molecule has 1 heterocycles. The van der Waals surface area contributed by atoms with Gasteiger partial charge in [-0.05, 0) is 0 Å². The van der Waals surface area contributed by atoms with Crippen LogP contribution in [-0.4, -0.2) is 39.1 Å². The maximum atomic E-state index is 5.20. The molecule has 1 N–H and O–H groups in total. The number of ether oxygens (including phenoxy) is 3. The van der Waals surface area contributed by atoms with Gasteiger partial charge >= 0.3 is 0 Å². The summed E-state index contributed by atoms with van der Waals surface area (Å²) in [5, 5.41) is 2.92. The summed E-state index contributed by atoms with van der Waals surface area (Å²) in [5.74, 6) is 0. The van der Waals surface area contributed by atoms with Gasteiger partial charge in [0.2, 0.25) is 0 Å². The highest BCUT2D eigenvalue weighted by molar-refractivity contribution is 5.73. The van der Waals surface area contributed by atoms with Gasteiger partial charge in [0.15, 0.2) is 6.29 Å². The molecule has 0 atom stereocenters. The smallest absolute Gasteiger partial charge is 0.289 e. The second-order valence-corrected chi connectivity index (χ2v) is 2.37. The zero-order valence-electron chi connectivity index (χ0n) is 7.66. The van der Waals surface area contributed by atoms with Crippen molar-refractivity contribution in [2.24, 2.45) is 4.99 Å². The van der Waals surface area contributed by atoms with Crippen molar-refractivity contribution in [1.82, 2.24) is 5.32 Å². The first-order valence-electron chi connectivity index (χ1n) is 4.08. The molecule has 0 aromatic carbocycles. The molecule has 5 heteroatoms. The van der Waals surface area contributed by atoms with Crippen LogP contribution in [-0.2, 0) is 14.2 Å². The average Bonchev–Trinajstić information content (AvgIpc) is 2.64. The molecule has 0 radical (unpaired) electrons. The molecule has 0 aliphatic carbocycles. The van der Waals surface area contributed by atoms with Crippen molar-refractivity contribution >= 4 is 6.02 Å². The van der Waals surface area contributed by atoms with Crippen molar-refractivity contribution in [1.29, 1.82) is 0 Å². The summed E-state index contributed by atoms with van der Waals surface area (Å²) in [6.07, 6.45) is 1.11. The standard InChI is InChI=1S/C8H14N2O3/c1-3-11-8(9-2)10-6-7-12-4-5-13-7/h3,7H,1,4-6H2,2H3,(H,9,10). The van der Waals surface area contributed by atoms with Crippen molar-refractivity contribution in [2.45, 2.75) is 6.29 Å². The predicted molar refractivity (Wildman–Crippen MR) is 48.3 cm³/mol. The Balaban J connectivity index is 2.18. The van der Waals surface area contributed by atoms with E-state index in [2.05, 4.69) is 16.9 Å². The van der Waals surface area contributed by atoms with Crippen molar-refractivity contribution in [3.63, 3.8) is 0 Å². The van der Waals surface area contributed by atoms with E-state index in [0.29, 0.717) is 25.8 Å². The third-order valence-electron chi connectivity index (χ3n) is 1.51. The lowest BCUT2D eigenvalue weighted by Gasteiger charge is -2.11. The van der Waals surface area contributed by atoms with Gasteiger partial charge in [-0.1, -0.05) is 6.58 Å². The van der Waals surface area contributed by atoms with Crippen molar-refractivity contribution in [3.8, 4) is 0 Å². The highest BCUT2D eigenvalue weighted by atomic mass is 16.7. The Labute approximate surface area is 77.4 Å². The Morgan fingerprint density at radius 1 is 1.69 bits per heavy atom. The third kappa shape index (κ3) is 3.43. The number of nitrogens with one attached hydrogen (secondary N) is 1. The van der Waals surface area contributed by atoms with Gasteiger partial charge < -0.3 is 19.5 Å². The lowest BCUT2D eigenvalue weighted by molar-refractivity contribution is -0.0367. The van der Waals surface area contributed by atoms with Crippen LogP contribution in [0.4, 0.5) is 0 Å². The lowest BCUT2D eigenvalue weighted by Crippen LogP contribution is -2.33. The minimum Gasteiger partial charge on any atom is -0.435 e. The number of hydrogen-bond donors (Lipinski definition) is 1. The molecule has 1 aliphatic rings. The van der Waals surface area contributed by atoms with Crippen LogP contribution in [0.25, 0.3) is 0 Å². The van der Waals surface area contributed by atoms with Crippen molar-refractivity contribution in [3.05, 3.63) is 12.8 Å². The maximum Gasteiger partial charge on any atom is 0.289 e. The molecule has 5 nitrogen and oxygen atoms in total. The fourth-order valence-corrected chi connectivity index (χ4v) is 0.948. The quantitative estimate of drug-likeness (QED) is 0.385. The molecule has 0 saturated carbocycles. The Morgan fingerprint density at radius 2 is 2.38 bits per heavy atom. The average molecular weight is 186 g/mol. The van der Waals surface area contributed by atoms with E-state index in [1.165, 1.54) is 6.26 Å². The largest absolute Gasteiger partial charge is 0.435 e. The first-order chi connectivity index (χ1) is 6.36. The molecule has 1 saturated heterocycles. The van der Waals surface area contributed by atoms with Crippen LogP contribution in [0.15, 0.2) is 17.8 Å². The highest BCUT2D eigenvalue weighted by Crippen LogP contribution is 2.01. The summed E-state index contributed by atoms with van der Waals surface area (Å²) in [6.45, 7) is 5.24. The monoisotopic (exact) mass is 186 g/mol. The highest BCUT2D eigenvalue weighted by Gasteiger charge is 2.15. The van der Waals surface area contributed by atoms with Gasteiger partial charge in [-0.2, -0.15) is 0 Å². The van der Waals surface area contributed by atoms with Gasteiger partial charge in [0, 0.05) is 7.05 Å². The van der Waals surface area contributed by atoms with Gasteiger partial charge in [-0.15, -0.1) is 0 Å². The summed E-state index contributed by atoms with van der Waals surface area (Å²) in [7, 11) is 1.63. The van der Waals surface area contributed by atoms with E-state index in [-0.39, 0.29) is 6.29 Å². The molecule has 13 heavy (non-hydrogen) atoms. The molecule has 0 aromatic rings. The molecule has 1 aliphatic heterocycles. The van der Waals surface area contributed by atoms with Crippen LogP contribution >= 0.6 is 0 Å². The fourth-order valence-electron chi connectivity index (χ4n) is 0.948. The summed E-state index contributed by atoms with van der Waals surface area (Å²) < 4.78 is 15.4. The zero-order chi connectivity index (χ0) is 9.52. The van der Waals surface area contributed by atoms with Crippen molar-refractivity contribution < 1.29 is 14.2 Å². The first kappa shape index (κ1) is 10.0. The molecule has 74 valence electrons. The Hall–Kier alpha value is -1.07. The summed E-state index contributed by atoms with van der Waals surface area (Å²) in [6, 6.07) is 0.411. The maximum absolute atomic E-state index is 5.20. The van der Waals surface area contributed by atoms with Crippen LogP contribution < -0.4 is 5.32 Å². The van der Waals surface area contributed by atoms with Crippen LogP contribution in [0, 0.1) is 0 Å². The Morgan fingerprint density at radius 3 is 2.92 bits per heavy atom. The number of nitrogens with zero attached hydrogens (tertiary/aromatic N) is 1. The molecule has 1 fully saturated rings. The SMILES string of the molecule is C=COC(=NC)NCC1OCCO1. The van der Waals surface area contributed by atoms with Gasteiger partial charge in [0.25, 0.3) is 6.02 Å². The number of hydrogen-bond acceptors (Lipinski definition) is 4. The topological polar surface area (TPSA) is 52.1 Å². The molecule has 1 rings (SSSR count). The second-order valence-electron chi connectivity index (χ2n) is 2.37. The van der Waals surface area contributed by atoms with Crippen LogP contribution in [0.3, 0.4) is 0 Å². The number of amidine groups is 1. The van der Waals surface area contributed by atoms with E-state index in [1.807, 2.05) is 0 Å². The molecule has 0 aromatic heterocycles. The molecule has 0 bridgehead atoms. The predicted octanol–water partition coefficient (Wildman–Crippen LogP) is 0.0948. The normalized spacial score (nSPS) is 18.7. The van der Waals surface area contributed by atoms with Gasteiger partial charge in [-0.25, -0.2) is 4.99 Å². The van der Waals surface area contributed by atoms with Crippen molar-refractivity contribution in [2.75, 3.05) is 26.8 Å². The van der Waals surface area contributed by atoms with Gasteiger partial charge in [-0.3, -0.25) is 0 Å². The molecule has 0 unspecified atom stereocenters. The summed E-state index contributed by atoms with van der Waals surface area (Å²) >= 11 is 0. The Bertz CT molecular complexity index is 188. The number of rotatable bonds is 3. The second kappa shape index (κ2) is 5.55. The van der Waals surface area contributed by atoms with Crippen LogP contribution in [0.5, 0.6) is 0 Å². The molecular weight excluding hydrogens is 172 g/mol.